The summed E-state index contributed by atoms with van der Waals surface area (Å²) in [6.07, 6.45) is 2.55. The molecule has 1 heterocycles. The summed E-state index contributed by atoms with van der Waals surface area (Å²) in [7, 11) is 0. The van der Waals surface area contributed by atoms with Crippen molar-refractivity contribution < 1.29 is 9.53 Å². The van der Waals surface area contributed by atoms with Gasteiger partial charge >= 0.3 is 0 Å². The number of nitrogens with zero attached hydrogens (tertiary/aromatic N) is 1. The Bertz CT molecular complexity index is 845. The van der Waals surface area contributed by atoms with Crippen LogP contribution in [-0.2, 0) is 4.79 Å². The highest BCUT2D eigenvalue weighted by Gasteiger charge is 2.21. The Morgan fingerprint density at radius 2 is 1.87 bits per heavy atom. The van der Waals surface area contributed by atoms with Crippen LogP contribution < -0.4 is 15.0 Å². The SMILES string of the molecule is CCC(Oc1ccc(Cl)c(C)c1)C(=O)NC(C)c1ccc(N2CCC(C)CC2)cc1. The molecule has 0 bridgehead atoms. The molecule has 1 amide bonds. The fourth-order valence-corrected chi connectivity index (χ4v) is 3.92. The number of hydrogen-bond donors (Lipinski definition) is 1. The number of hydrogen-bond acceptors (Lipinski definition) is 3. The molecule has 3 rings (SSSR count). The average molecular weight is 429 g/mol. The van der Waals surface area contributed by atoms with Crippen molar-refractivity contribution in [1.82, 2.24) is 5.32 Å². The van der Waals surface area contributed by atoms with Crippen molar-refractivity contribution >= 4 is 23.2 Å². The highest BCUT2D eigenvalue weighted by atomic mass is 35.5. The van der Waals surface area contributed by atoms with Crippen molar-refractivity contribution in [3.8, 4) is 5.75 Å². The molecule has 0 aromatic heterocycles. The van der Waals surface area contributed by atoms with E-state index in [0.717, 1.165) is 30.1 Å². The van der Waals surface area contributed by atoms with Crippen molar-refractivity contribution in [2.45, 2.75) is 59.1 Å². The van der Waals surface area contributed by atoms with Crippen molar-refractivity contribution in [2.24, 2.45) is 5.92 Å². The second-order valence-electron chi connectivity index (χ2n) is 8.42. The molecule has 0 saturated carbocycles. The molecule has 0 aliphatic carbocycles. The predicted octanol–water partition coefficient (Wildman–Crippen LogP) is 5.92. The second kappa shape index (κ2) is 10.2. The molecular weight excluding hydrogens is 396 g/mol. The summed E-state index contributed by atoms with van der Waals surface area (Å²) in [5.74, 6) is 1.37. The number of halogens is 1. The van der Waals surface area contributed by atoms with Gasteiger partial charge in [-0.2, -0.15) is 0 Å². The van der Waals surface area contributed by atoms with Gasteiger partial charge in [0.15, 0.2) is 6.10 Å². The molecule has 2 atom stereocenters. The van der Waals surface area contributed by atoms with Crippen LogP contribution in [0.25, 0.3) is 0 Å². The van der Waals surface area contributed by atoms with E-state index < -0.39 is 6.10 Å². The van der Waals surface area contributed by atoms with Crippen LogP contribution in [0, 0.1) is 12.8 Å². The van der Waals surface area contributed by atoms with Gasteiger partial charge in [-0.25, -0.2) is 0 Å². The van der Waals surface area contributed by atoms with Gasteiger partial charge in [-0.3, -0.25) is 4.79 Å². The Hall–Kier alpha value is -2.20. The van der Waals surface area contributed by atoms with E-state index in [1.165, 1.54) is 18.5 Å². The summed E-state index contributed by atoms with van der Waals surface area (Å²) in [6.45, 7) is 10.4. The van der Waals surface area contributed by atoms with Crippen LogP contribution in [0.4, 0.5) is 5.69 Å². The lowest BCUT2D eigenvalue weighted by Gasteiger charge is -2.32. The topological polar surface area (TPSA) is 41.6 Å². The molecule has 0 spiro atoms. The molecule has 4 nitrogen and oxygen atoms in total. The van der Waals surface area contributed by atoms with E-state index in [2.05, 4.69) is 41.4 Å². The fourth-order valence-electron chi connectivity index (χ4n) is 3.81. The number of amides is 1. The lowest BCUT2D eigenvalue weighted by molar-refractivity contribution is -0.128. The quantitative estimate of drug-likeness (QED) is 0.595. The first-order chi connectivity index (χ1) is 14.4. The van der Waals surface area contributed by atoms with Crippen molar-refractivity contribution in [3.05, 3.63) is 58.6 Å². The lowest BCUT2D eigenvalue weighted by Crippen LogP contribution is -2.39. The van der Waals surface area contributed by atoms with E-state index in [-0.39, 0.29) is 11.9 Å². The summed E-state index contributed by atoms with van der Waals surface area (Å²) in [6, 6.07) is 13.9. The Labute approximate surface area is 185 Å². The highest BCUT2D eigenvalue weighted by molar-refractivity contribution is 6.31. The third-order valence-corrected chi connectivity index (χ3v) is 6.40. The number of nitrogens with one attached hydrogen (secondary N) is 1. The van der Waals surface area contributed by atoms with Gasteiger partial charge in [0.05, 0.1) is 6.04 Å². The standard InChI is InChI=1S/C25H33ClN2O2/c1-5-24(30-22-10-11-23(26)18(3)16-22)25(29)27-19(4)20-6-8-21(9-7-20)28-14-12-17(2)13-15-28/h6-11,16-17,19,24H,5,12-15H2,1-4H3,(H,27,29). The lowest BCUT2D eigenvalue weighted by atomic mass is 9.98. The molecule has 30 heavy (non-hydrogen) atoms. The normalized spacial score (nSPS) is 16.8. The number of aryl methyl sites for hydroxylation is 1. The number of piperidine rings is 1. The molecular formula is C25H33ClN2O2. The number of anilines is 1. The third kappa shape index (κ3) is 5.69. The van der Waals surface area contributed by atoms with Gasteiger partial charge in [0.2, 0.25) is 0 Å². The smallest absolute Gasteiger partial charge is 0.261 e. The Kier molecular flexibility index (Phi) is 7.65. The minimum Gasteiger partial charge on any atom is -0.481 e. The molecule has 2 unspecified atom stereocenters. The molecule has 162 valence electrons. The number of carbonyl (C=O) groups is 1. The first kappa shape index (κ1) is 22.5. The number of ether oxygens (including phenoxy) is 1. The van der Waals surface area contributed by atoms with Gasteiger partial charge in [-0.05, 0) is 80.5 Å². The van der Waals surface area contributed by atoms with Crippen LogP contribution in [0.3, 0.4) is 0 Å². The Morgan fingerprint density at radius 3 is 2.47 bits per heavy atom. The minimum atomic E-state index is -0.539. The average Bonchev–Trinajstić information content (AvgIpc) is 2.75. The summed E-state index contributed by atoms with van der Waals surface area (Å²) in [4.78, 5) is 15.2. The predicted molar refractivity (Wildman–Crippen MR) is 125 cm³/mol. The first-order valence-corrected chi connectivity index (χ1v) is 11.3. The van der Waals surface area contributed by atoms with Crippen LogP contribution in [0.2, 0.25) is 5.02 Å². The van der Waals surface area contributed by atoms with Crippen LogP contribution in [0.15, 0.2) is 42.5 Å². The van der Waals surface area contributed by atoms with Gasteiger partial charge in [0.25, 0.3) is 5.91 Å². The van der Waals surface area contributed by atoms with Gasteiger partial charge < -0.3 is 15.0 Å². The zero-order chi connectivity index (χ0) is 21.7. The third-order valence-electron chi connectivity index (χ3n) is 5.97. The largest absolute Gasteiger partial charge is 0.481 e. The van der Waals surface area contributed by atoms with Crippen molar-refractivity contribution in [2.75, 3.05) is 18.0 Å². The molecule has 1 aliphatic heterocycles. The molecule has 5 heteroatoms. The van der Waals surface area contributed by atoms with Crippen LogP contribution in [-0.4, -0.2) is 25.1 Å². The summed E-state index contributed by atoms with van der Waals surface area (Å²) < 4.78 is 5.93. The molecule has 2 aromatic rings. The fraction of sp³-hybridized carbons (Fsp3) is 0.480. The van der Waals surface area contributed by atoms with E-state index in [1.807, 2.05) is 26.8 Å². The van der Waals surface area contributed by atoms with E-state index in [0.29, 0.717) is 17.2 Å². The van der Waals surface area contributed by atoms with E-state index in [9.17, 15) is 4.79 Å². The van der Waals surface area contributed by atoms with E-state index in [1.54, 1.807) is 12.1 Å². The van der Waals surface area contributed by atoms with Crippen LogP contribution >= 0.6 is 11.6 Å². The molecule has 1 N–H and O–H groups in total. The summed E-state index contributed by atoms with van der Waals surface area (Å²) in [5, 5.41) is 3.79. The van der Waals surface area contributed by atoms with Gasteiger partial charge in [0.1, 0.15) is 5.75 Å². The van der Waals surface area contributed by atoms with Crippen molar-refractivity contribution in [1.29, 1.82) is 0 Å². The zero-order valence-electron chi connectivity index (χ0n) is 18.5. The maximum atomic E-state index is 12.8. The molecule has 1 aliphatic rings. The zero-order valence-corrected chi connectivity index (χ0v) is 19.2. The Balaban J connectivity index is 1.58. The summed E-state index contributed by atoms with van der Waals surface area (Å²) >= 11 is 6.08. The monoisotopic (exact) mass is 428 g/mol. The van der Waals surface area contributed by atoms with Crippen LogP contribution in [0.5, 0.6) is 5.75 Å². The van der Waals surface area contributed by atoms with E-state index in [4.69, 9.17) is 16.3 Å². The summed E-state index contributed by atoms with van der Waals surface area (Å²) in [5.41, 5.74) is 3.28. The highest BCUT2D eigenvalue weighted by Crippen LogP contribution is 2.25. The number of carbonyl (C=O) groups excluding carboxylic acids is 1. The molecule has 2 aromatic carbocycles. The van der Waals surface area contributed by atoms with Gasteiger partial charge in [0, 0.05) is 23.8 Å². The molecule has 1 fully saturated rings. The maximum Gasteiger partial charge on any atom is 0.261 e. The first-order valence-electron chi connectivity index (χ1n) is 11.0. The number of benzene rings is 2. The van der Waals surface area contributed by atoms with E-state index >= 15 is 0 Å². The Morgan fingerprint density at radius 1 is 1.20 bits per heavy atom. The molecule has 1 saturated heterocycles. The molecule has 0 radical (unpaired) electrons. The van der Waals surface area contributed by atoms with Gasteiger partial charge in [-0.1, -0.05) is 37.6 Å². The number of rotatable bonds is 7. The second-order valence-corrected chi connectivity index (χ2v) is 8.82. The van der Waals surface area contributed by atoms with Crippen LogP contribution in [0.1, 0.15) is 57.2 Å². The van der Waals surface area contributed by atoms with Gasteiger partial charge in [-0.15, -0.1) is 0 Å². The minimum absolute atomic E-state index is 0.0856. The van der Waals surface area contributed by atoms with Crippen molar-refractivity contribution in [3.63, 3.8) is 0 Å². The maximum absolute atomic E-state index is 12.8.